The third-order valence-corrected chi connectivity index (χ3v) is 3.54. The molecule has 0 bridgehead atoms. The van der Waals surface area contributed by atoms with Crippen LogP contribution in [0.25, 0.3) is 0 Å². The molecule has 0 aliphatic rings. The lowest BCUT2D eigenvalue weighted by atomic mass is 9.81. The van der Waals surface area contributed by atoms with Gasteiger partial charge in [-0.2, -0.15) is 0 Å². The second-order valence-electron chi connectivity index (χ2n) is 5.54. The molecule has 0 fully saturated rings. The first kappa shape index (κ1) is 16.7. The lowest BCUT2D eigenvalue weighted by Crippen LogP contribution is -2.25. The van der Waals surface area contributed by atoms with Crippen LogP contribution in [0.5, 0.6) is 0 Å². The molecule has 0 aromatic heterocycles. The summed E-state index contributed by atoms with van der Waals surface area (Å²) in [6.07, 6.45) is 0. The van der Waals surface area contributed by atoms with Gasteiger partial charge in [0.2, 0.25) is 0 Å². The molecule has 0 heterocycles. The largest absolute Gasteiger partial charge is 0.309 e. The van der Waals surface area contributed by atoms with E-state index in [0.29, 0.717) is 11.8 Å². The van der Waals surface area contributed by atoms with Crippen molar-refractivity contribution in [2.24, 2.45) is 5.92 Å². The number of nitrogens with zero attached hydrogens (tertiary/aromatic N) is 1. The van der Waals surface area contributed by atoms with Crippen LogP contribution in [0, 0.1) is 5.92 Å². The van der Waals surface area contributed by atoms with Crippen molar-refractivity contribution in [3.8, 4) is 0 Å². The zero-order chi connectivity index (χ0) is 13.7. The zero-order valence-electron chi connectivity index (χ0n) is 12.5. The minimum atomic E-state index is 0. The lowest BCUT2D eigenvalue weighted by Gasteiger charge is -2.27. The summed E-state index contributed by atoms with van der Waals surface area (Å²) < 4.78 is 0. The summed E-state index contributed by atoms with van der Waals surface area (Å²) in [4.78, 5) is 2.27. The van der Waals surface area contributed by atoms with E-state index in [1.165, 1.54) is 11.1 Å². The van der Waals surface area contributed by atoms with Crippen molar-refractivity contribution in [3.63, 3.8) is 0 Å². The lowest BCUT2D eigenvalue weighted by molar-refractivity contribution is 0.321. The predicted molar refractivity (Wildman–Crippen MR) is 89.7 cm³/mol. The van der Waals surface area contributed by atoms with Gasteiger partial charge < -0.3 is 4.90 Å². The second-order valence-corrected chi connectivity index (χ2v) is 5.54. The number of hydrogen-bond donors (Lipinski definition) is 0. The molecule has 0 aliphatic carbocycles. The normalized spacial score (nSPS) is 12.2. The molecule has 0 N–H and O–H groups in total. The summed E-state index contributed by atoms with van der Waals surface area (Å²) in [6, 6.07) is 21.7. The molecule has 0 amide bonds. The van der Waals surface area contributed by atoms with Crippen molar-refractivity contribution >= 4 is 12.4 Å². The molecule has 2 aromatic rings. The number of hydrogen-bond acceptors (Lipinski definition) is 1. The van der Waals surface area contributed by atoms with Crippen molar-refractivity contribution in [2.45, 2.75) is 12.8 Å². The Morgan fingerprint density at radius 1 is 0.800 bits per heavy atom. The van der Waals surface area contributed by atoms with E-state index in [1.807, 2.05) is 0 Å². The van der Waals surface area contributed by atoms with E-state index in [9.17, 15) is 0 Å². The van der Waals surface area contributed by atoms with Gasteiger partial charge >= 0.3 is 0 Å². The molecule has 0 aliphatic heterocycles. The maximum absolute atomic E-state index is 2.34. The molecule has 0 spiro atoms. The standard InChI is InChI=1S/C18H23N.ClH/c1-15(14-19(2)3)18(16-10-6-4-7-11-16)17-12-8-5-9-13-17;/h4-13,15,18H,14H2,1-3H3;1H. The van der Waals surface area contributed by atoms with E-state index in [4.69, 9.17) is 0 Å². The second kappa shape index (κ2) is 8.08. The summed E-state index contributed by atoms with van der Waals surface area (Å²) in [6.45, 7) is 3.43. The number of rotatable bonds is 5. The fourth-order valence-corrected chi connectivity index (χ4v) is 2.85. The van der Waals surface area contributed by atoms with Crippen molar-refractivity contribution in [3.05, 3.63) is 71.8 Å². The van der Waals surface area contributed by atoms with Crippen molar-refractivity contribution < 1.29 is 0 Å². The molecule has 2 aromatic carbocycles. The van der Waals surface area contributed by atoms with Gasteiger partial charge in [0, 0.05) is 12.5 Å². The Bertz CT molecular complexity index is 442. The minimum Gasteiger partial charge on any atom is -0.309 e. The first-order chi connectivity index (χ1) is 9.18. The van der Waals surface area contributed by atoms with Crippen LogP contribution in [-0.2, 0) is 0 Å². The zero-order valence-corrected chi connectivity index (χ0v) is 13.3. The molecular weight excluding hydrogens is 266 g/mol. The van der Waals surface area contributed by atoms with Crippen LogP contribution in [0.2, 0.25) is 0 Å². The van der Waals surface area contributed by atoms with E-state index in [1.54, 1.807) is 0 Å². The smallest absolute Gasteiger partial charge is 0.0127 e. The Morgan fingerprint density at radius 3 is 1.55 bits per heavy atom. The van der Waals surface area contributed by atoms with Gasteiger partial charge in [0.25, 0.3) is 0 Å². The van der Waals surface area contributed by atoms with Crippen molar-refractivity contribution in [1.29, 1.82) is 0 Å². The quantitative estimate of drug-likeness (QED) is 0.787. The Balaban J connectivity index is 0.00000200. The molecule has 20 heavy (non-hydrogen) atoms. The Labute approximate surface area is 129 Å². The van der Waals surface area contributed by atoms with Gasteiger partial charge in [-0.25, -0.2) is 0 Å². The summed E-state index contributed by atoms with van der Waals surface area (Å²) in [7, 11) is 4.28. The molecule has 108 valence electrons. The first-order valence-corrected chi connectivity index (χ1v) is 6.93. The Hall–Kier alpha value is -1.31. The van der Waals surface area contributed by atoms with Crippen LogP contribution in [-0.4, -0.2) is 25.5 Å². The third-order valence-electron chi connectivity index (χ3n) is 3.54. The third kappa shape index (κ3) is 4.36. The number of benzene rings is 2. The highest BCUT2D eigenvalue weighted by Crippen LogP contribution is 2.32. The fourth-order valence-electron chi connectivity index (χ4n) is 2.85. The average Bonchev–Trinajstić information content (AvgIpc) is 2.40. The first-order valence-electron chi connectivity index (χ1n) is 6.93. The highest BCUT2D eigenvalue weighted by molar-refractivity contribution is 5.85. The van der Waals surface area contributed by atoms with Crippen LogP contribution in [0.3, 0.4) is 0 Å². The highest BCUT2D eigenvalue weighted by Gasteiger charge is 2.21. The van der Waals surface area contributed by atoms with E-state index < -0.39 is 0 Å². The van der Waals surface area contributed by atoms with E-state index in [-0.39, 0.29) is 12.4 Å². The monoisotopic (exact) mass is 289 g/mol. The van der Waals surface area contributed by atoms with Gasteiger partial charge in [0.15, 0.2) is 0 Å². The van der Waals surface area contributed by atoms with Crippen LogP contribution >= 0.6 is 12.4 Å². The van der Waals surface area contributed by atoms with Gasteiger partial charge in [-0.05, 0) is 31.1 Å². The molecule has 1 atom stereocenters. The highest BCUT2D eigenvalue weighted by atomic mass is 35.5. The molecule has 2 heteroatoms. The average molecular weight is 290 g/mol. The molecule has 1 nitrogen and oxygen atoms in total. The summed E-state index contributed by atoms with van der Waals surface area (Å²) in [5, 5.41) is 0. The predicted octanol–water partition coefficient (Wildman–Crippen LogP) is 4.44. The summed E-state index contributed by atoms with van der Waals surface area (Å²) in [5.41, 5.74) is 2.81. The molecule has 0 radical (unpaired) electrons. The van der Waals surface area contributed by atoms with Crippen LogP contribution < -0.4 is 0 Å². The molecule has 0 saturated carbocycles. The molecule has 2 rings (SSSR count). The van der Waals surface area contributed by atoms with Crippen molar-refractivity contribution in [1.82, 2.24) is 4.90 Å². The van der Waals surface area contributed by atoms with E-state index >= 15 is 0 Å². The van der Waals surface area contributed by atoms with Gasteiger partial charge in [0.1, 0.15) is 0 Å². The molecule has 1 unspecified atom stereocenters. The van der Waals surface area contributed by atoms with Crippen LogP contribution in [0.1, 0.15) is 24.0 Å². The maximum atomic E-state index is 2.34. The minimum absolute atomic E-state index is 0. The van der Waals surface area contributed by atoms with Crippen LogP contribution in [0.4, 0.5) is 0 Å². The Morgan fingerprint density at radius 2 is 1.20 bits per heavy atom. The maximum Gasteiger partial charge on any atom is 0.0127 e. The van der Waals surface area contributed by atoms with E-state index in [2.05, 4.69) is 86.6 Å². The Kier molecular flexibility index (Phi) is 6.77. The van der Waals surface area contributed by atoms with Gasteiger partial charge in [0.05, 0.1) is 0 Å². The molecular formula is C18H24ClN. The van der Waals surface area contributed by atoms with Crippen molar-refractivity contribution in [2.75, 3.05) is 20.6 Å². The topological polar surface area (TPSA) is 3.24 Å². The molecule has 0 saturated heterocycles. The fraction of sp³-hybridized carbons (Fsp3) is 0.333. The SMILES string of the molecule is CC(CN(C)C)C(c1ccccc1)c1ccccc1.Cl. The van der Waals surface area contributed by atoms with Crippen LogP contribution in [0.15, 0.2) is 60.7 Å². The number of halogens is 1. The van der Waals surface area contributed by atoms with Gasteiger partial charge in [-0.3, -0.25) is 0 Å². The summed E-state index contributed by atoms with van der Waals surface area (Å²) in [5.74, 6) is 1.05. The van der Waals surface area contributed by atoms with Gasteiger partial charge in [-0.1, -0.05) is 67.6 Å². The summed E-state index contributed by atoms with van der Waals surface area (Å²) >= 11 is 0. The van der Waals surface area contributed by atoms with E-state index in [0.717, 1.165) is 6.54 Å². The van der Waals surface area contributed by atoms with Gasteiger partial charge in [-0.15, -0.1) is 12.4 Å².